The molecule has 0 saturated carbocycles. The van der Waals surface area contributed by atoms with Gasteiger partial charge in [-0.2, -0.15) is 33.5 Å². The van der Waals surface area contributed by atoms with Crippen LogP contribution < -0.4 is 15.0 Å². The van der Waals surface area contributed by atoms with Crippen LogP contribution in [0.3, 0.4) is 0 Å². The smallest absolute Gasteiger partial charge is 0.417 e. The fourth-order valence-electron chi connectivity index (χ4n) is 8.25. The predicted molar refractivity (Wildman–Crippen MR) is 190 cm³/mol. The van der Waals surface area contributed by atoms with Gasteiger partial charge in [-0.15, -0.1) is 11.3 Å². The van der Waals surface area contributed by atoms with E-state index < -0.39 is 28.9 Å². The van der Waals surface area contributed by atoms with Gasteiger partial charge in [0.1, 0.15) is 34.8 Å². The van der Waals surface area contributed by atoms with E-state index in [1.807, 2.05) is 42.5 Å². The highest BCUT2D eigenvalue weighted by molar-refractivity contribution is 7.23. The van der Waals surface area contributed by atoms with E-state index in [1.165, 1.54) is 0 Å². The van der Waals surface area contributed by atoms with Crippen LogP contribution in [-0.2, 0) is 19.3 Å². The minimum Gasteiger partial charge on any atom is -0.461 e. The summed E-state index contributed by atoms with van der Waals surface area (Å²) in [4.78, 5) is 13.5. The largest absolute Gasteiger partial charge is 0.461 e. The third-order valence-electron chi connectivity index (χ3n) is 10.8. The molecule has 3 aliphatic heterocycles. The van der Waals surface area contributed by atoms with Crippen molar-refractivity contribution >= 4 is 43.1 Å². The Morgan fingerprint density at radius 3 is 2.60 bits per heavy atom. The lowest BCUT2D eigenvalue weighted by Crippen LogP contribution is -2.43. The topological polar surface area (TPSA) is 95.1 Å². The molecule has 0 spiro atoms. The molecule has 1 unspecified atom stereocenters. The van der Waals surface area contributed by atoms with Crippen LogP contribution in [0.1, 0.15) is 69.7 Å². The summed E-state index contributed by atoms with van der Waals surface area (Å²) in [5, 5.41) is 17.8. The van der Waals surface area contributed by atoms with Gasteiger partial charge in [-0.05, 0) is 89.7 Å². The normalized spacial score (nSPS) is 18.9. The summed E-state index contributed by atoms with van der Waals surface area (Å²) >= 11 is 0.906. The highest BCUT2D eigenvalue weighted by atomic mass is 32.1. The van der Waals surface area contributed by atoms with Crippen molar-refractivity contribution in [3.05, 3.63) is 58.9 Å². The summed E-state index contributed by atoms with van der Waals surface area (Å²) in [6, 6.07) is 6.36. The molecule has 52 heavy (non-hydrogen) atoms. The standard InChI is InChI=1S/C37H37F5N8OS/c1-20(2)45-34-25(17-43)28-23(6-7-27(38)32(28)52-34)29-26(37(40,41)42)16-24-31(30(29)39)46-35(51-19-36-10-4-13-48(36)14-5-11-36)47-33(24)49-18-22-8-12-44-50(22)15-9-21(49)3/h6-8,12,16,20-21,45H,4-5,9-11,13-15,18-19H2,1-3H3. The Bertz CT molecular complexity index is 2230. The average Bonchev–Trinajstić information content (AvgIpc) is 3.87. The minimum absolute atomic E-state index is 0.0517. The molecule has 9 nitrogen and oxygen atoms in total. The molecule has 3 aromatic heterocycles. The van der Waals surface area contributed by atoms with E-state index in [9.17, 15) is 5.26 Å². The van der Waals surface area contributed by atoms with Gasteiger partial charge in [0.25, 0.3) is 0 Å². The molecule has 0 amide bonds. The summed E-state index contributed by atoms with van der Waals surface area (Å²) in [5.41, 5.74) is -2.13. The fourth-order valence-corrected chi connectivity index (χ4v) is 9.47. The first-order valence-corrected chi connectivity index (χ1v) is 18.4. The van der Waals surface area contributed by atoms with E-state index >= 15 is 22.0 Å². The van der Waals surface area contributed by atoms with E-state index in [4.69, 9.17) is 9.72 Å². The summed E-state index contributed by atoms with van der Waals surface area (Å²) < 4.78 is 86.5. The molecular formula is C37H37F5N8OS. The number of thiophene rings is 1. The highest BCUT2D eigenvalue weighted by Crippen LogP contribution is 2.49. The van der Waals surface area contributed by atoms with Gasteiger partial charge in [-0.3, -0.25) is 9.58 Å². The zero-order valence-electron chi connectivity index (χ0n) is 28.9. The Labute approximate surface area is 301 Å². The van der Waals surface area contributed by atoms with Gasteiger partial charge in [0.05, 0.1) is 33.6 Å². The number of anilines is 2. The molecule has 1 atom stereocenters. The van der Waals surface area contributed by atoms with Crippen molar-refractivity contribution in [2.24, 2.45) is 0 Å². The summed E-state index contributed by atoms with van der Waals surface area (Å²) in [6.45, 7) is 8.62. The van der Waals surface area contributed by atoms with E-state index in [1.54, 1.807) is 6.20 Å². The number of ether oxygens (including phenoxy) is 1. The van der Waals surface area contributed by atoms with Gasteiger partial charge in [0.15, 0.2) is 5.82 Å². The first-order chi connectivity index (χ1) is 24.9. The lowest BCUT2D eigenvalue weighted by Gasteiger charge is -2.32. The number of fused-ring (bicyclic) bond motifs is 4. The van der Waals surface area contributed by atoms with Gasteiger partial charge in [0, 0.05) is 41.2 Å². The maximum Gasteiger partial charge on any atom is 0.417 e. The molecule has 0 radical (unpaired) electrons. The Balaban J connectivity index is 1.38. The second-order valence-corrected chi connectivity index (χ2v) is 15.4. The van der Waals surface area contributed by atoms with Crippen molar-refractivity contribution in [3.8, 4) is 23.2 Å². The van der Waals surface area contributed by atoms with Gasteiger partial charge in [-0.25, -0.2) is 8.78 Å². The summed E-state index contributed by atoms with van der Waals surface area (Å²) in [7, 11) is 0. The van der Waals surface area contributed by atoms with E-state index in [0.717, 1.165) is 74.0 Å². The number of nitriles is 1. The van der Waals surface area contributed by atoms with Crippen LogP contribution in [0, 0.1) is 23.0 Å². The van der Waals surface area contributed by atoms with E-state index in [2.05, 4.69) is 20.3 Å². The molecule has 8 rings (SSSR count). The van der Waals surface area contributed by atoms with Crippen molar-refractivity contribution < 1.29 is 26.7 Å². The molecule has 5 aromatic rings. The zero-order valence-corrected chi connectivity index (χ0v) is 29.8. The second-order valence-electron chi connectivity index (χ2n) is 14.4. The molecule has 2 fully saturated rings. The van der Waals surface area contributed by atoms with E-state index in [-0.39, 0.29) is 79.7 Å². The van der Waals surface area contributed by atoms with Crippen LogP contribution in [0.15, 0.2) is 30.5 Å². The number of aromatic nitrogens is 4. The Hall–Kier alpha value is -4.55. The first kappa shape index (κ1) is 34.5. The quantitative estimate of drug-likeness (QED) is 0.166. The number of benzene rings is 2. The van der Waals surface area contributed by atoms with Gasteiger partial charge in [0.2, 0.25) is 0 Å². The van der Waals surface area contributed by atoms with Crippen molar-refractivity contribution in [2.45, 2.75) is 89.8 Å². The maximum absolute atomic E-state index is 17.4. The first-order valence-electron chi connectivity index (χ1n) is 17.6. The Morgan fingerprint density at radius 2 is 1.88 bits per heavy atom. The SMILES string of the molecule is CC(C)Nc1sc2c(F)ccc(-c3c(C(F)(F)F)cc4c(N5Cc6ccnn6CCC5C)nc(OCC56CCCN5CCC6)nc4c3F)c2c1C#N. The number of alkyl halides is 3. The summed E-state index contributed by atoms with van der Waals surface area (Å²) in [6.07, 6.45) is 1.15. The van der Waals surface area contributed by atoms with Crippen molar-refractivity contribution in [3.63, 3.8) is 0 Å². The lowest BCUT2D eigenvalue weighted by atomic mass is 9.92. The number of halogens is 5. The second kappa shape index (κ2) is 12.8. The molecule has 3 aliphatic rings. The molecule has 15 heteroatoms. The Kier molecular flexibility index (Phi) is 8.53. The fraction of sp³-hybridized carbons (Fsp3) is 0.459. The third kappa shape index (κ3) is 5.71. The van der Waals surface area contributed by atoms with Crippen LogP contribution in [0.25, 0.3) is 32.1 Å². The lowest BCUT2D eigenvalue weighted by molar-refractivity contribution is -0.137. The highest BCUT2D eigenvalue weighted by Gasteiger charge is 2.45. The number of rotatable bonds is 7. The molecule has 2 saturated heterocycles. The third-order valence-corrected chi connectivity index (χ3v) is 11.9. The number of aryl methyl sites for hydroxylation is 1. The Morgan fingerprint density at radius 1 is 1.12 bits per heavy atom. The van der Waals surface area contributed by atoms with Crippen LogP contribution in [-0.4, -0.2) is 62.0 Å². The number of hydrogen-bond donors (Lipinski definition) is 1. The molecular weight excluding hydrogens is 700 g/mol. The monoisotopic (exact) mass is 736 g/mol. The van der Waals surface area contributed by atoms with Crippen LogP contribution in [0.5, 0.6) is 6.01 Å². The number of nitrogens with zero attached hydrogens (tertiary/aromatic N) is 7. The number of nitrogens with one attached hydrogen (secondary N) is 1. The molecule has 0 aliphatic carbocycles. The minimum atomic E-state index is -5.05. The van der Waals surface area contributed by atoms with Gasteiger partial charge in [-0.1, -0.05) is 6.07 Å². The van der Waals surface area contributed by atoms with Crippen LogP contribution in [0.2, 0.25) is 0 Å². The van der Waals surface area contributed by atoms with Crippen molar-refractivity contribution in [1.82, 2.24) is 24.6 Å². The maximum atomic E-state index is 17.4. The zero-order chi connectivity index (χ0) is 36.5. The summed E-state index contributed by atoms with van der Waals surface area (Å²) in [5.74, 6) is -1.87. The predicted octanol–water partition coefficient (Wildman–Crippen LogP) is 8.50. The van der Waals surface area contributed by atoms with Gasteiger partial charge >= 0.3 is 12.2 Å². The van der Waals surface area contributed by atoms with Crippen LogP contribution >= 0.6 is 11.3 Å². The van der Waals surface area contributed by atoms with Crippen molar-refractivity contribution in [2.75, 3.05) is 29.9 Å². The van der Waals surface area contributed by atoms with E-state index in [0.29, 0.717) is 13.0 Å². The molecule has 272 valence electrons. The average molecular weight is 737 g/mol. The molecule has 6 heterocycles. The van der Waals surface area contributed by atoms with Gasteiger partial charge < -0.3 is 15.0 Å². The van der Waals surface area contributed by atoms with Crippen molar-refractivity contribution in [1.29, 1.82) is 5.26 Å². The molecule has 1 N–H and O–H groups in total. The number of hydrogen-bond acceptors (Lipinski definition) is 9. The molecule has 0 bridgehead atoms. The molecule has 2 aromatic carbocycles. The van der Waals surface area contributed by atoms with Crippen LogP contribution in [0.4, 0.5) is 32.8 Å².